The molecule has 170 valence electrons. The van der Waals surface area contributed by atoms with Crippen molar-refractivity contribution in [1.82, 2.24) is 14.9 Å². The van der Waals surface area contributed by atoms with Crippen molar-refractivity contribution in [2.45, 2.75) is 39.2 Å². The van der Waals surface area contributed by atoms with Crippen molar-refractivity contribution < 1.29 is 9.53 Å². The summed E-state index contributed by atoms with van der Waals surface area (Å²) < 4.78 is 7.61. The molecule has 4 rings (SSSR count). The lowest BCUT2D eigenvalue weighted by atomic mass is 10.1. The quantitative estimate of drug-likeness (QED) is 0.329. The van der Waals surface area contributed by atoms with Gasteiger partial charge in [-0.2, -0.15) is 0 Å². The van der Waals surface area contributed by atoms with Crippen LogP contribution in [0.15, 0.2) is 72.8 Å². The lowest BCUT2D eigenvalue weighted by Crippen LogP contribution is -2.24. The fourth-order valence-corrected chi connectivity index (χ4v) is 4.08. The average molecular weight is 442 g/mol. The lowest BCUT2D eigenvalue weighted by Gasteiger charge is -2.11. The highest BCUT2D eigenvalue weighted by Crippen LogP contribution is 2.20. The molecule has 0 saturated heterocycles. The number of methoxy groups -OCH3 is 1. The molecule has 1 heterocycles. The number of carbonyl (C=O) groups is 1. The molecule has 1 aromatic heterocycles. The summed E-state index contributed by atoms with van der Waals surface area (Å²) in [4.78, 5) is 17.3. The summed E-state index contributed by atoms with van der Waals surface area (Å²) >= 11 is 0. The van der Waals surface area contributed by atoms with Gasteiger partial charge in [0.25, 0.3) is 5.91 Å². The molecule has 0 unspecified atom stereocenters. The number of hydrogen-bond acceptors (Lipinski definition) is 3. The van der Waals surface area contributed by atoms with Crippen molar-refractivity contribution in [3.8, 4) is 5.75 Å². The van der Waals surface area contributed by atoms with E-state index < -0.39 is 0 Å². The predicted octanol–water partition coefficient (Wildman–Crippen LogP) is 5.54. The standard InChI is InChI=1S/C28H31N3O2/c1-21-15-17-22(18-16-21)20-31-25-12-7-6-11-24(25)30-27(31)14-4-3-9-19-29-28(32)23-10-5-8-13-26(23)33-2/h5-8,10-13,15-18H,3-4,9,14,19-20H2,1-2H3,(H,29,32). The maximum atomic E-state index is 12.4. The highest BCUT2D eigenvalue weighted by Gasteiger charge is 2.12. The summed E-state index contributed by atoms with van der Waals surface area (Å²) in [6.45, 7) is 3.59. The second-order valence-corrected chi connectivity index (χ2v) is 8.36. The van der Waals surface area contributed by atoms with Gasteiger partial charge in [0.15, 0.2) is 0 Å². The number of unbranched alkanes of at least 4 members (excludes halogenated alkanes) is 2. The molecular formula is C28H31N3O2. The molecular weight excluding hydrogens is 410 g/mol. The van der Waals surface area contributed by atoms with E-state index in [0.29, 0.717) is 17.9 Å². The first-order valence-corrected chi connectivity index (χ1v) is 11.6. The Hall–Kier alpha value is -3.60. The largest absolute Gasteiger partial charge is 0.496 e. The van der Waals surface area contributed by atoms with Gasteiger partial charge < -0.3 is 14.6 Å². The topological polar surface area (TPSA) is 56.1 Å². The third-order valence-corrected chi connectivity index (χ3v) is 5.91. The van der Waals surface area contributed by atoms with Crippen molar-refractivity contribution >= 4 is 16.9 Å². The summed E-state index contributed by atoms with van der Waals surface area (Å²) in [5, 5.41) is 3.00. The second-order valence-electron chi connectivity index (χ2n) is 8.36. The van der Waals surface area contributed by atoms with Gasteiger partial charge in [0.05, 0.1) is 23.7 Å². The van der Waals surface area contributed by atoms with Gasteiger partial charge in [-0.1, -0.05) is 60.5 Å². The SMILES string of the molecule is COc1ccccc1C(=O)NCCCCCc1nc2ccccc2n1Cc1ccc(C)cc1. The molecule has 5 heteroatoms. The molecule has 0 atom stereocenters. The number of ether oxygens (including phenoxy) is 1. The molecule has 0 fully saturated rings. The number of amides is 1. The summed E-state index contributed by atoms with van der Waals surface area (Å²) in [6, 6.07) is 24.3. The van der Waals surface area contributed by atoms with Crippen molar-refractivity contribution in [3.05, 3.63) is 95.3 Å². The second kappa shape index (κ2) is 10.8. The molecule has 0 aliphatic rings. The third kappa shape index (κ3) is 5.61. The van der Waals surface area contributed by atoms with E-state index in [1.54, 1.807) is 19.2 Å². The van der Waals surface area contributed by atoms with E-state index in [-0.39, 0.29) is 5.91 Å². The number of hydrogen-bond donors (Lipinski definition) is 1. The van der Waals surface area contributed by atoms with Crippen LogP contribution in [0.2, 0.25) is 0 Å². The number of fused-ring (bicyclic) bond motifs is 1. The van der Waals surface area contributed by atoms with Gasteiger partial charge in [-0.15, -0.1) is 0 Å². The van der Waals surface area contributed by atoms with Crippen LogP contribution < -0.4 is 10.1 Å². The highest BCUT2D eigenvalue weighted by atomic mass is 16.5. The van der Waals surface area contributed by atoms with Crippen LogP contribution in [0.4, 0.5) is 0 Å². The third-order valence-electron chi connectivity index (χ3n) is 5.91. The minimum atomic E-state index is -0.0904. The fraction of sp³-hybridized carbons (Fsp3) is 0.286. The number of aryl methyl sites for hydroxylation is 2. The molecule has 0 saturated carbocycles. The summed E-state index contributed by atoms with van der Waals surface area (Å²) in [5.41, 5.74) is 5.35. The zero-order valence-corrected chi connectivity index (χ0v) is 19.4. The summed E-state index contributed by atoms with van der Waals surface area (Å²) in [6.07, 6.45) is 3.90. The fourth-order valence-electron chi connectivity index (χ4n) is 4.08. The Kier molecular flexibility index (Phi) is 7.40. The van der Waals surface area contributed by atoms with Crippen LogP contribution in [0.25, 0.3) is 11.0 Å². The molecule has 3 aromatic carbocycles. The number of aromatic nitrogens is 2. The van der Waals surface area contributed by atoms with Crippen molar-refractivity contribution in [1.29, 1.82) is 0 Å². The Labute approximate surface area is 195 Å². The van der Waals surface area contributed by atoms with Gasteiger partial charge in [-0.3, -0.25) is 4.79 Å². The minimum Gasteiger partial charge on any atom is -0.496 e. The van der Waals surface area contributed by atoms with Gasteiger partial charge in [0, 0.05) is 19.5 Å². The van der Waals surface area contributed by atoms with E-state index in [9.17, 15) is 4.79 Å². The van der Waals surface area contributed by atoms with Gasteiger partial charge in [0.2, 0.25) is 0 Å². The zero-order chi connectivity index (χ0) is 23.0. The number of para-hydroxylation sites is 3. The number of nitrogens with one attached hydrogen (secondary N) is 1. The molecule has 0 spiro atoms. The number of nitrogens with zero attached hydrogens (tertiary/aromatic N) is 2. The van der Waals surface area contributed by atoms with E-state index in [4.69, 9.17) is 9.72 Å². The average Bonchev–Trinajstić information content (AvgIpc) is 3.19. The van der Waals surface area contributed by atoms with Gasteiger partial charge in [0.1, 0.15) is 11.6 Å². The van der Waals surface area contributed by atoms with Gasteiger partial charge in [-0.25, -0.2) is 4.98 Å². The monoisotopic (exact) mass is 441 g/mol. The Morgan fingerprint density at radius 3 is 2.52 bits per heavy atom. The normalized spacial score (nSPS) is 11.0. The van der Waals surface area contributed by atoms with Crippen LogP contribution in [0.5, 0.6) is 5.75 Å². The highest BCUT2D eigenvalue weighted by molar-refractivity contribution is 5.96. The molecule has 1 N–H and O–H groups in total. The number of rotatable bonds is 10. The minimum absolute atomic E-state index is 0.0904. The van der Waals surface area contributed by atoms with Crippen molar-refractivity contribution in [2.75, 3.05) is 13.7 Å². The summed E-state index contributed by atoms with van der Waals surface area (Å²) in [7, 11) is 1.58. The maximum Gasteiger partial charge on any atom is 0.255 e. The van der Waals surface area contributed by atoms with Crippen LogP contribution in [-0.4, -0.2) is 29.1 Å². The van der Waals surface area contributed by atoms with Crippen LogP contribution in [0.1, 0.15) is 46.6 Å². The van der Waals surface area contributed by atoms with E-state index in [1.165, 1.54) is 16.6 Å². The van der Waals surface area contributed by atoms with E-state index in [0.717, 1.165) is 43.6 Å². The van der Waals surface area contributed by atoms with Gasteiger partial charge >= 0.3 is 0 Å². The van der Waals surface area contributed by atoms with E-state index in [1.807, 2.05) is 18.2 Å². The molecule has 1 amide bonds. The van der Waals surface area contributed by atoms with Crippen LogP contribution in [0, 0.1) is 6.92 Å². The Morgan fingerprint density at radius 2 is 1.70 bits per heavy atom. The number of carbonyl (C=O) groups excluding carboxylic acids is 1. The Balaban J connectivity index is 1.32. The molecule has 0 aliphatic heterocycles. The Bertz CT molecular complexity index is 1210. The predicted molar refractivity (Wildman–Crippen MR) is 133 cm³/mol. The molecule has 0 radical (unpaired) electrons. The first-order valence-electron chi connectivity index (χ1n) is 11.6. The molecule has 5 nitrogen and oxygen atoms in total. The summed E-state index contributed by atoms with van der Waals surface area (Å²) in [5.74, 6) is 1.63. The molecule has 0 bridgehead atoms. The molecule has 33 heavy (non-hydrogen) atoms. The van der Waals surface area contributed by atoms with Crippen LogP contribution >= 0.6 is 0 Å². The first kappa shape index (κ1) is 22.6. The van der Waals surface area contributed by atoms with E-state index in [2.05, 4.69) is 59.3 Å². The van der Waals surface area contributed by atoms with Gasteiger partial charge in [-0.05, 0) is 49.6 Å². The van der Waals surface area contributed by atoms with E-state index >= 15 is 0 Å². The zero-order valence-electron chi connectivity index (χ0n) is 19.4. The first-order chi connectivity index (χ1) is 16.2. The molecule has 4 aromatic rings. The Morgan fingerprint density at radius 1 is 0.939 bits per heavy atom. The van der Waals surface area contributed by atoms with Crippen LogP contribution in [0.3, 0.4) is 0 Å². The lowest BCUT2D eigenvalue weighted by molar-refractivity contribution is 0.0950. The molecule has 0 aliphatic carbocycles. The van der Waals surface area contributed by atoms with Crippen molar-refractivity contribution in [3.63, 3.8) is 0 Å². The van der Waals surface area contributed by atoms with Crippen molar-refractivity contribution in [2.24, 2.45) is 0 Å². The maximum absolute atomic E-state index is 12.4. The number of imidazole rings is 1. The van der Waals surface area contributed by atoms with Crippen LogP contribution in [-0.2, 0) is 13.0 Å². The smallest absolute Gasteiger partial charge is 0.255 e. The number of benzene rings is 3.